The number of methoxy groups -OCH3 is 2. The fourth-order valence-corrected chi connectivity index (χ4v) is 8.68. The number of hydrogen-bond donors (Lipinski definition) is 3. The second kappa shape index (κ2) is 24.2. The number of carboxylic acid groups (broad SMARTS) is 1. The lowest BCUT2D eigenvalue weighted by atomic mass is 10.2. The molecule has 0 unspecified atom stereocenters. The summed E-state index contributed by atoms with van der Waals surface area (Å²) in [5.74, 6) is 3.86. The Morgan fingerprint density at radius 3 is 1.48 bits per heavy atom. The Balaban J connectivity index is 0.000000166. The van der Waals surface area contributed by atoms with Crippen LogP contribution in [0.5, 0.6) is 23.0 Å². The van der Waals surface area contributed by atoms with Gasteiger partial charge in [-0.1, -0.05) is 48.5 Å². The van der Waals surface area contributed by atoms with Crippen LogP contribution in [0.15, 0.2) is 154 Å². The van der Waals surface area contributed by atoms with E-state index in [1.54, 1.807) is 79.4 Å². The third-order valence-corrected chi connectivity index (χ3v) is 12.2. The highest BCUT2D eigenvalue weighted by Gasteiger charge is 2.16. The summed E-state index contributed by atoms with van der Waals surface area (Å²) in [7, 11) is 3.28. The first-order valence-corrected chi connectivity index (χ1v) is 23.7. The molecule has 19 heteroatoms. The number of benzene rings is 6. The molecule has 0 spiro atoms. The zero-order chi connectivity index (χ0) is 49.4. The van der Waals surface area contributed by atoms with E-state index < -0.39 is 5.97 Å². The molecule has 0 fully saturated rings. The fraction of sp³-hybridized carbons (Fsp3) is 0.154. The van der Waals surface area contributed by atoms with Crippen molar-refractivity contribution in [1.29, 1.82) is 0 Å². The van der Waals surface area contributed by atoms with Crippen molar-refractivity contribution in [3.63, 3.8) is 0 Å². The molecule has 4 N–H and O–H groups in total. The summed E-state index contributed by atoms with van der Waals surface area (Å²) in [5, 5.41) is 29.6. The Morgan fingerprint density at radius 2 is 1.04 bits per heavy atom. The molecule has 4 heterocycles. The number of amides is 1. The molecule has 71 heavy (non-hydrogen) atoms. The van der Waals surface area contributed by atoms with Gasteiger partial charge < -0.3 is 43.9 Å². The summed E-state index contributed by atoms with van der Waals surface area (Å²) in [4.78, 5) is 31.6. The number of nitrogens with one attached hydrogen (secondary N) is 1. The zero-order valence-electron chi connectivity index (χ0n) is 38.4. The van der Waals surface area contributed by atoms with Gasteiger partial charge in [0.25, 0.3) is 5.91 Å². The van der Waals surface area contributed by atoms with Gasteiger partial charge in [0, 0.05) is 23.2 Å². The molecule has 10 aromatic rings. The van der Waals surface area contributed by atoms with Crippen molar-refractivity contribution in [3.8, 4) is 45.9 Å². The Hall–Kier alpha value is -8.52. The van der Waals surface area contributed by atoms with Crippen LogP contribution in [0.2, 0.25) is 0 Å². The van der Waals surface area contributed by atoms with E-state index in [2.05, 4.69) is 35.7 Å². The summed E-state index contributed by atoms with van der Waals surface area (Å²) in [6.07, 6.45) is 0.929. The zero-order valence-corrected chi connectivity index (χ0v) is 40.0. The van der Waals surface area contributed by atoms with Gasteiger partial charge >= 0.3 is 5.97 Å². The maximum absolute atomic E-state index is 12.1. The minimum absolute atomic E-state index is 0.123. The second-order valence-corrected chi connectivity index (χ2v) is 17.2. The number of thiazole rings is 2. The highest BCUT2D eigenvalue weighted by molar-refractivity contribution is 7.19. The van der Waals surface area contributed by atoms with Crippen molar-refractivity contribution in [2.45, 2.75) is 12.8 Å². The van der Waals surface area contributed by atoms with Crippen LogP contribution in [0.1, 0.15) is 42.5 Å². The molecular weight excluding hydrogens is 945 g/mol. The molecule has 0 bridgehead atoms. The third-order valence-electron chi connectivity index (χ3n) is 10.1. The topological polar surface area (TPSA) is 233 Å². The number of nitrogens with zero attached hydrogens (tertiary/aromatic N) is 6. The number of aromatic nitrogens is 6. The fourth-order valence-electron chi connectivity index (χ4n) is 6.73. The van der Waals surface area contributed by atoms with Crippen molar-refractivity contribution in [1.82, 2.24) is 35.7 Å². The van der Waals surface area contributed by atoms with Gasteiger partial charge in [0.15, 0.2) is 0 Å². The number of hydrogen-bond acceptors (Lipinski definition) is 17. The van der Waals surface area contributed by atoms with Crippen LogP contribution in [0, 0.1) is 0 Å². The van der Waals surface area contributed by atoms with Gasteiger partial charge in [-0.05, 0) is 97.1 Å². The number of carbonyl (C=O) groups is 2. The van der Waals surface area contributed by atoms with Crippen molar-refractivity contribution >= 4 is 55.0 Å². The molecule has 0 aliphatic carbocycles. The van der Waals surface area contributed by atoms with E-state index in [1.807, 2.05) is 103 Å². The largest absolute Gasteiger partial charge is 0.494 e. The standard InChI is InChI=1S/C26H22N4O4S.C19H18N4O3S.C7H6O2/c1-32-20-8-5-9-21-24(20)28-23(35-21)16-22-29-30-26(34-22)18-10-12-19(13-11-18)33-15-14-27-25(31)17-6-3-2-4-7-17;1-24-14-3-2-4-15-18(14)21-17(27-15)11-16-22-23-19(26-16)12-5-7-13(8-6-12)25-10-9-20;8-7(9)6-4-2-1-3-5-6/h2-13H,14-16H2,1H3,(H,27,31);2-8H,9-11,20H2,1H3;1-5H,(H,8,9). The van der Waals surface area contributed by atoms with E-state index in [0.29, 0.717) is 79.6 Å². The van der Waals surface area contributed by atoms with Crippen molar-refractivity contribution < 1.29 is 42.5 Å². The SMILES string of the molecule is COc1cccc2sc(Cc3nnc(-c4ccc(OCCN)cc4)o3)nc12.COc1cccc2sc(Cc3nnc(-c4ccc(OCCNC(=O)c5ccccc5)cc4)o3)nc12.O=C(O)c1ccccc1. The number of carboxylic acids is 1. The van der Waals surface area contributed by atoms with Crippen LogP contribution in [-0.4, -0.2) is 87.9 Å². The van der Waals surface area contributed by atoms with Crippen LogP contribution in [0.25, 0.3) is 43.3 Å². The molecule has 0 aliphatic heterocycles. The van der Waals surface area contributed by atoms with Gasteiger partial charge in [-0.25, -0.2) is 14.8 Å². The van der Waals surface area contributed by atoms with E-state index in [-0.39, 0.29) is 5.91 Å². The normalized spacial score (nSPS) is 10.7. The minimum Gasteiger partial charge on any atom is -0.494 e. The van der Waals surface area contributed by atoms with E-state index in [4.69, 9.17) is 38.6 Å². The van der Waals surface area contributed by atoms with Crippen molar-refractivity contribution in [2.75, 3.05) is 40.5 Å². The van der Waals surface area contributed by atoms with Gasteiger partial charge in [0.2, 0.25) is 23.6 Å². The van der Waals surface area contributed by atoms with E-state index in [1.165, 1.54) is 0 Å². The number of ether oxygens (including phenoxy) is 4. The lowest BCUT2D eigenvalue weighted by Gasteiger charge is -2.08. The average Bonchev–Trinajstić information content (AvgIpc) is 4.25. The van der Waals surface area contributed by atoms with Gasteiger partial charge in [-0.15, -0.1) is 43.1 Å². The van der Waals surface area contributed by atoms with Gasteiger partial charge in [0.05, 0.1) is 48.6 Å². The van der Waals surface area contributed by atoms with E-state index >= 15 is 0 Å². The molecule has 360 valence electrons. The summed E-state index contributed by atoms with van der Waals surface area (Å²) in [6.45, 7) is 1.72. The molecule has 0 radical (unpaired) electrons. The Kier molecular flexibility index (Phi) is 16.6. The summed E-state index contributed by atoms with van der Waals surface area (Å²) in [5.41, 5.74) is 9.71. The maximum Gasteiger partial charge on any atom is 0.335 e. The number of fused-ring (bicyclic) bond motifs is 2. The minimum atomic E-state index is -0.879. The predicted octanol–water partition coefficient (Wildman–Crippen LogP) is 9.42. The molecular formula is C52H46N8O9S2. The molecule has 6 aromatic carbocycles. The summed E-state index contributed by atoms with van der Waals surface area (Å²) in [6, 6.07) is 44.0. The van der Waals surface area contributed by atoms with Crippen LogP contribution in [-0.2, 0) is 12.8 Å². The number of carbonyl (C=O) groups excluding carboxylic acids is 1. The van der Waals surface area contributed by atoms with Crippen LogP contribution in [0.4, 0.5) is 0 Å². The molecule has 4 aromatic heterocycles. The molecule has 0 aliphatic rings. The molecule has 10 rings (SSSR count). The molecule has 17 nitrogen and oxygen atoms in total. The number of aromatic carboxylic acids is 1. The van der Waals surface area contributed by atoms with Crippen LogP contribution >= 0.6 is 22.7 Å². The Morgan fingerprint density at radius 1 is 0.577 bits per heavy atom. The molecule has 0 saturated carbocycles. The molecule has 1 amide bonds. The lowest BCUT2D eigenvalue weighted by molar-refractivity contribution is 0.0696. The number of rotatable bonds is 17. The Bertz CT molecular complexity index is 3290. The summed E-state index contributed by atoms with van der Waals surface area (Å²) >= 11 is 3.17. The monoisotopic (exact) mass is 990 g/mol. The first kappa shape index (κ1) is 48.9. The first-order valence-electron chi connectivity index (χ1n) is 22.0. The molecule has 0 atom stereocenters. The lowest BCUT2D eigenvalue weighted by Crippen LogP contribution is -2.27. The summed E-state index contributed by atoms with van der Waals surface area (Å²) < 4.78 is 35.7. The highest BCUT2D eigenvalue weighted by Crippen LogP contribution is 2.32. The maximum atomic E-state index is 12.1. The number of para-hydroxylation sites is 2. The van der Waals surface area contributed by atoms with E-state index in [9.17, 15) is 9.59 Å². The van der Waals surface area contributed by atoms with Crippen LogP contribution in [0.3, 0.4) is 0 Å². The van der Waals surface area contributed by atoms with Crippen molar-refractivity contribution in [3.05, 3.63) is 179 Å². The Labute approximate surface area is 414 Å². The average molecular weight is 991 g/mol. The second-order valence-electron chi connectivity index (χ2n) is 15.0. The third kappa shape index (κ3) is 13.2. The number of nitrogens with two attached hydrogens (primary N) is 1. The van der Waals surface area contributed by atoms with Gasteiger partial charge in [-0.3, -0.25) is 4.79 Å². The highest BCUT2D eigenvalue weighted by atomic mass is 32.1. The van der Waals surface area contributed by atoms with Crippen molar-refractivity contribution in [2.24, 2.45) is 5.73 Å². The molecule has 0 saturated heterocycles. The van der Waals surface area contributed by atoms with Gasteiger partial charge in [-0.2, -0.15) is 0 Å². The quantitative estimate of drug-likeness (QED) is 0.0721. The van der Waals surface area contributed by atoms with Gasteiger partial charge in [0.1, 0.15) is 57.3 Å². The predicted molar refractivity (Wildman–Crippen MR) is 270 cm³/mol. The van der Waals surface area contributed by atoms with E-state index in [0.717, 1.165) is 58.8 Å². The first-order chi connectivity index (χ1) is 34.8. The van der Waals surface area contributed by atoms with Crippen LogP contribution < -0.4 is 30.0 Å². The smallest absolute Gasteiger partial charge is 0.335 e.